The molecule has 1 aliphatic rings. The molecule has 0 aliphatic carbocycles. The number of hydrogen-bond donors (Lipinski definition) is 0. The Morgan fingerprint density at radius 3 is 2.37 bits per heavy atom. The molecule has 5 nitrogen and oxygen atoms in total. The number of hydrogen-bond acceptors (Lipinski definition) is 4. The fourth-order valence-electron chi connectivity index (χ4n) is 3.20. The Hall–Kier alpha value is -2.41. The van der Waals surface area contributed by atoms with Gasteiger partial charge in [0.25, 0.3) is 5.91 Å². The Morgan fingerprint density at radius 1 is 1.15 bits per heavy atom. The van der Waals surface area contributed by atoms with Gasteiger partial charge in [0, 0.05) is 18.2 Å². The van der Waals surface area contributed by atoms with Crippen LogP contribution in [-0.4, -0.2) is 43.4 Å². The lowest BCUT2D eigenvalue weighted by Gasteiger charge is -2.28. The van der Waals surface area contributed by atoms with Gasteiger partial charge in [-0.2, -0.15) is 0 Å². The average molecular weight is 391 g/mol. The number of nitrogens with zero attached hydrogens (tertiary/aromatic N) is 1. The highest BCUT2D eigenvalue weighted by Gasteiger charge is 2.35. The molecule has 7 heteroatoms. The van der Waals surface area contributed by atoms with Crippen LogP contribution in [-0.2, 0) is 16.4 Å². The molecule has 0 bridgehead atoms. The van der Waals surface area contributed by atoms with E-state index in [4.69, 9.17) is 4.74 Å². The van der Waals surface area contributed by atoms with Crippen LogP contribution < -0.4 is 4.74 Å². The molecule has 1 aliphatic heterocycles. The van der Waals surface area contributed by atoms with Crippen molar-refractivity contribution >= 4 is 15.7 Å². The maximum Gasteiger partial charge on any atom is 0.254 e. The first-order chi connectivity index (χ1) is 12.9. The largest absolute Gasteiger partial charge is 0.494 e. The van der Waals surface area contributed by atoms with Crippen molar-refractivity contribution in [2.24, 2.45) is 0 Å². The maximum atomic E-state index is 13.2. The second-order valence-corrected chi connectivity index (χ2v) is 8.80. The van der Waals surface area contributed by atoms with E-state index in [1.807, 2.05) is 6.92 Å². The SMILES string of the molecule is CCOc1ccc(C(=O)N(Cc2ccc(F)cc2)[C@H]2CCS(=O)(=O)C2)cc1. The summed E-state index contributed by atoms with van der Waals surface area (Å²) in [6, 6.07) is 12.3. The van der Waals surface area contributed by atoms with Crippen LogP contribution in [0.3, 0.4) is 0 Å². The van der Waals surface area contributed by atoms with E-state index in [0.717, 1.165) is 5.56 Å². The Kier molecular flexibility index (Phi) is 5.79. The zero-order valence-electron chi connectivity index (χ0n) is 15.1. The zero-order chi connectivity index (χ0) is 19.4. The topological polar surface area (TPSA) is 63.7 Å². The van der Waals surface area contributed by atoms with Crippen molar-refractivity contribution in [3.8, 4) is 5.75 Å². The highest BCUT2D eigenvalue weighted by atomic mass is 32.2. The van der Waals surface area contributed by atoms with E-state index in [1.165, 1.54) is 12.1 Å². The number of carbonyl (C=O) groups is 1. The molecule has 1 heterocycles. The number of benzene rings is 2. The summed E-state index contributed by atoms with van der Waals surface area (Å²) < 4.78 is 42.4. The van der Waals surface area contributed by atoms with Gasteiger partial charge in [0.05, 0.1) is 18.1 Å². The van der Waals surface area contributed by atoms with Gasteiger partial charge in [-0.3, -0.25) is 4.79 Å². The Morgan fingerprint density at radius 2 is 1.81 bits per heavy atom. The smallest absolute Gasteiger partial charge is 0.254 e. The van der Waals surface area contributed by atoms with Gasteiger partial charge in [-0.05, 0) is 55.3 Å². The van der Waals surface area contributed by atoms with Gasteiger partial charge in [-0.15, -0.1) is 0 Å². The van der Waals surface area contributed by atoms with Crippen LogP contribution in [0.4, 0.5) is 4.39 Å². The number of sulfone groups is 1. The summed E-state index contributed by atoms with van der Waals surface area (Å²) in [7, 11) is -3.14. The fourth-order valence-corrected chi connectivity index (χ4v) is 4.93. The van der Waals surface area contributed by atoms with Crippen LogP contribution in [0.2, 0.25) is 0 Å². The van der Waals surface area contributed by atoms with E-state index < -0.39 is 9.84 Å². The third-order valence-corrected chi connectivity index (χ3v) is 6.34. The molecular weight excluding hydrogens is 369 g/mol. The average Bonchev–Trinajstić information content (AvgIpc) is 3.01. The van der Waals surface area contributed by atoms with Crippen LogP contribution in [0.1, 0.15) is 29.3 Å². The molecule has 0 saturated carbocycles. The van der Waals surface area contributed by atoms with Gasteiger partial charge in [0.1, 0.15) is 11.6 Å². The predicted octanol–water partition coefficient (Wildman–Crippen LogP) is 3.05. The Balaban J connectivity index is 1.86. The molecule has 0 spiro atoms. The molecule has 0 radical (unpaired) electrons. The van der Waals surface area contributed by atoms with E-state index in [1.54, 1.807) is 41.3 Å². The summed E-state index contributed by atoms with van der Waals surface area (Å²) in [6.07, 6.45) is 0.409. The first-order valence-electron chi connectivity index (χ1n) is 8.86. The summed E-state index contributed by atoms with van der Waals surface area (Å²) in [4.78, 5) is 14.7. The van der Waals surface area contributed by atoms with Gasteiger partial charge < -0.3 is 9.64 Å². The van der Waals surface area contributed by atoms with Crippen LogP contribution >= 0.6 is 0 Å². The number of halogens is 1. The minimum Gasteiger partial charge on any atom is -0.494 e. The lowest BCUT2D eigenvalue weighted by Crippen LogP contribution is -2.40. The normalized spacial score (nSPS) is 18.2. The summed E-state index contributed by atoms with van der Waals surface area (Å²) in [5, 5.41) is 0. The molecule has 0 N–H and O–H groups in total. The van der Waals surface area contributed by atoms with Crippen molar-refractivity contribution in [3.05, 3.63) is 65.5 Å². The standard InChI is InChI=1S/C20H22FNO4S/c1-2-26-19-9-5-16(6-10-19)20(23)22(18-11-12-27(24,25)14-18)13-15-3-7-17(21)8-4-15/h3-10,18H,2,11-14H2,1H3/t18-/m0/s1. The minimum absolute atomic E-state index is 0.0447. The molecular formula is C20H22FNO4S. The molecule has 1 saturated heterocycles. The summed E-state index contributed by atoms with van der Waals surface area (Å²) >= 11 is 0. The fraction of sp³-hybridized carbons (Fsp3) is 0.350. The number of amides is 1. The van der Waals surface area contributed by atoms with E-state index >= 15 is 0 Å². The third-order valence-electron chi connectivity index (χ3n) is 4.59. The molecule has 27 heavy (non-hydrogen) atoms. The van der Waals surface area contributed by atoms with E-state index in [2.05, 4.69) is 0 Å². The Labute approximate surface area is 158 Å². The summed E-state index contributed by atoms with van der Waals surface area (Å²) in [5.74, 6) is 0.101. The molecule has 2 aromatic rings. The minimum atomic E-state index is -3.14. The molecule has 1 amide bonds. The van der Waals surface area contributed by atoms with E-state index in [0.29, 0.717) is 24.3 Å². The Bertz CT molecular complexity index is 895. The van der Waals surface area contributed by atoms with Crippen LogP contribution in [0, 0.1) is 5.82 Å². The zero-order valence-corrected chi connectivity index (χ0v) is 15.9. The van der Waals surface area contributed by atoms with E-state index in [-0.39, 0.29) is 35.8 Å². The van der Waals surface area contributed by atoms with Crippen molar-refractivity contribution in [2.75, 3.05) is 18.1 Å². The highest BCUT2D eigenvalue weighted by Crippen LogP contribution is 2.23. The molecule has 0 unspecified atom stereocenters. The van der Waals surface area contributed by atoms with E-state index in [9.17, 15) is 17.6 Å². The van der Waals surface area contributed by atoms with Gasteiger partial charge in [-0.25, -0.2) is 12.8 Å². The van der Waals surface area contributed by atoms with Crippen molar-refractivity contribution < 1.29 is 22.3 Å². The van der Waals surface area contributed by atoms with Crippen LogP contribution in [0.25, 0.3) is 0 Å². The lowest BCUT2D eigenvalue weighted by molar-refractivity contribution is 0.0681. The van der Waals surface area contributed by atoms with Crippen molar-refractivity contribution in [1.82, 2.24) is 4.90 Å². The van der Waals surface area contributed by atoms with Gasteiger partial charge >= 0.3 is 0 Å². The number of carbonyl (C=O) groups excluding carboxylic acids is 1. The van der Waals surface area contributed by atoms with Crippen molar-refractivity contribution in [1.29, 1.82) is 0 Å². The monoisotopic (exact) mass is 391 g/mol. The molecule has 3 rings (SSSR count). The first kappa shape index (κ1) is 19.4. The number of ether oxygens (including phenoxy) is 1. The van der Waals surface area contributed by atoms with Crippen molar-refractivity contribution in [3.63, 3.8) is 0 Å². The first-order valence-corrected chi connectivity index (χ1v) is 10.7. The van der Waals surface area contributed by atoms with Gasteiger partial charge in [0.15, 0.2) is 9.84 Å². The molecule has 2 aromatic carbocycles. The van der Waals surface area contributed by atoms with Crippen LogP contribution in [0.5, 0.6) is 5.75 Å². The second kappa shape index (κ2) is 8.08. The van der Waals surface area contributed by atoms with Gasteiger partial charge in [0.2, 0.25) is 0 Å². The predicted molar refractivity (Wildman–Crippen MR) is 101 cm³/mol. The summed E-state index contributed by atoms with van der Waals surface area (Å²) in [6.45, 7) is 2.64. The third kappa shape index (κ3) is 4.86. The van der Waals surface area contributed by atoms with Crippen LogP contribution in [0.15, 0.2) is 48.5 Å². The maximum absolute atomic E-state index is 13.2. The van der Waals surface area contributed by atoms with Gasteiger partial charge in [-0.1, -0.05) is 12.1 Å². The quantitative estimate of drug-likeness (QED) is 0.759. The number of rotatable bonds is 6. The molecule has 144 valence electrons. The highest BCUT2D eigenvalue weighted by molar-refractivity contribution is 7.91. The molecule has 1 atom stereocenters. The second-order valence-electron chi connectivity index (χ2n) is 6.57. The molecule has 0 aromatic heterocycles. The lowest BCUT2D eigenvalue weighted by atomic mass is 10.1. The molecule has 1 fully saturated rings. The van der Waals surface area contributed by atoms with Crippen molar-refractivity contribution in [2.45, 2.75) is 25.9 Å². The summed E-state index contributed by atoms with van der Waals surface area (Å²) in [5.41, 5.74) is 1.21.